The van der Waals surface area contributed by atoms with Crippen LogP contribution in [0, 0.1) is 6.92 Å². The summed E-state index contributed by atoms with van der Waals surface area (Å²) in [6.07, 6.45) is 12.6. The van der Waals surface area contributed by atoms with Crippen molar-refractivity contribution in [1.82, 2.24) is 5.32 Å². The van der Waals surface area contributed by atoms with Gasteiger partial charge < -0.3 is 10.2 Å². The Morgan fingerprint density at radius 2 is 1.16 bits per heavy atom. The van der Waals surface area contributed by atoms with E-state index in [1.807, 2.05) is 0 Å². The van der Waals surface area contributed by atoms with E-state index in [2.05, 4.69) is 19.2 Å². The highest BCUT2D eigenvalue weighted by Crippen LogP contribution is 2.09. The first-order chi connectivity index (χ1) is 9.04. The first kappa shape index (κ1) is 21.2. The number of aliphatic hydroxyl groups is 2. The second-order valence-corrected chi connectivity index (χ2v) is 5.20. The molecule has 0 rings (SSSR count). The number of nitrogens with one attached hydrogen (secondary N) is 1. The van der Waals surface area contributed by atoms with Crippen LogP contribution in [-0.2, 0) is 0 Å². The third-order valence-corrected chi connectivity index (χ3v) is 2.84. The molecule has 19 heavy (non-hydrogen) atoms. The fourth-order valence-corrected chi connectivity index (χ4v) is 1.84. The smallest absolute Gasteiger partial charge is 0.103 e. The summed E-state index contributed by atoms with van der Waals surface area (Å²) >= 11 is 0. The van der Waals surface area contributed by atoms with Crippen molar-refractivity contribution in [3.8, 4) is 0 Å². The number of hydrogen-bond donors (Lipinski definition) is 3. The third-order valence-electron chi connectivity index (χ3n) is 2.84. The highest BCUT2D eigenvalue weighted by atomic mass is 16.3. The van der Waals surface area contributed by atoms with E-state index in [0.29, 0.717) is 0 Å². The number of unbranched alkanes of at least 4 members (excludes halogenated alkanes) is 9. The fraction of sp³-hybridized carbons (Fsp3) is 0.938. The second kappa shape index (κ2) is 17.9. The fourth-order valence-electron chi connectivity index (χ4n) is 1.84. The van der Waals surface area contributed by atoms with Gasteiger partial charge >= 0.3 is 0 Å². The lowest BCUT2D eigenvalue weighted by molar-refractivity contribution is 0.0632. The van der Waals surface area contributed by atoms with Crippen molar-refractivity contribution in [3.63, 3.8) is 0 Å². The highest BCUT2D eigenvalue weighted by Gasteiger charge is 1.95. The van der Waals surface area contributed by atoms with Crippen LogP contribution in [0.2, 0.25) is 0 Å². The van der Waals surface area contributed by atoms with E-state index in [-0.39, 0.29) is 0 Å². The van der Waals surface area contributed by atoms with E-state index in [9.17, 15) is 0 Å². The average Bonchev–Trinajstić information content (AvgIpc) is 2.32. The average molecular weight is 274 g/mol. The predicted octanol–water partition coefficient (Wildman–Crippen LogP) is 3.99. The maximum Gasteiger partial charge on any atom is 0.103 e. The van der Waals surface area contributed by atoms with Gasteiger partial charge in [-0.2, -0.15) is 0 Å². The molecular formula is C16H36NO2. The number of hydrogen-bond acceptors (Lipinski definition) is 3. The zero-order valence-corrected chi connectivity index (χ0v) is 13.3. The molecule has 0 saturated carbocycles. The van der Waals surface area contributed by atoms with Crippen LogP contribution >= 0.6 is 0 Å². The van der Waals surface area contributed by atoms with Gasteiger partial charge in [0.05, 0.1) is 0 Å². The van der Waals surface area contributed by atoms with Crippen molar-refractivity contribution in [2.45, 2.75) is 97.4 Å². The van der Waals surface area contributed by atoms with Crippen LogP contribution in [0.4, 0.5) is 0 Å². The van der Waals surface area contributed by atoms with Gasteiger partial charge in [-0.05, 0) is 13.8 Å². The van der Waals surface area contributed by atoms with Gasteiger partial charge in [0.25, 0.3) is 0 Å². The van der Waals surface area contributed by atoms with Crippen molar-refractivity contribution >= 4 is 0 Å². The molecule has 0 spiro atoms. The van der Waals surface area contributed by atoms with E-state index >= 15 is 0 Å². The highest BCUT2D eigenvalue weighted by molar-refractivity contribution is 4.47. The Bertz CT molecular complexity index is 134. The largest absolute Gasteiger partial charge is 0.379 e. The molecule has 3 N–H and O–H groups in total. The maximum atomic E-state index is 8.45. The van der Waals surface area contributed by atoms with Crippen molar-refractivity contribution in [2.75, 3.05) is 0 Å². The van der Waals surface area contributed by atoms with Crippen LogP contribution in [0.3, 0.4) is 0 Å². The van der Waals surface area contributed by atoms with E-state index < -0.39 is 12.5 Å². The van der Waals surface area contributed by atoms with Gasteiger partial charge in [-0.3, -0.25) is 5.32 Å². The lowest BCUT2D eigenvalue weighted by Crippen LogP contribution is -2.33. The molecule has 0 aliphatic heterocycles. The Morgan fingerprint density at radius 3 is 1.42 bits per heavy atom. The molecule has 0 aromatic carbocycles. The van der Waals surface area contributed by atoms with Gasteiger partial charge in [0.15, 0.2) is 0 Å². The molecule has 0 fully saturated rings. The van der Waals surface area contributed by atoms with Gasteiger partial charge in [-0.15, -0.1) is 0 Å². The maximum absolute atomic E-state index is 8.45. The van der Waals surface area contributed by atoms with Crippen LogP contribution in [0.5, 0.6) is 0 Å². The minimum Gasteiger partial charge on any atom is -0.379 e. The summed E-state index contributed by atoms with van der Waals surface area (Å²) in [6, 6.07) is 0. The van der Waals surface area contributed by atoms with Crippen molar-refractivity contribution < 1.29 is 10.2 Å². The summed E-state index contributed by atoms with van der Waals surface area (Å²) in [6.45, 7) is 9.21. The van der Waals surface area contributed by atoms with Crippen molar-refractivity contribution in [1.29, 1.82) is 0 Å². The molecule has 0 amide bonds. The van der Waals surface area contributed by atoms with Gasteiger partial charge in [-0.1, -0.05) is 78.1 Å². The Kier molecular flexibility index (Phi) is 19.9. The Balaban J connectivity index is 0. The van der Waals surface area contributed by atoms with E-state index in [0.717, 1.165) is 6.42 Å². The van der Waals surface area contributed by atoms with Crippen LogP contribution in [0.25, 0.3) is 0 Å². The van der Waals surface area contributed by atoms with E-state index in [1.165, 1.54) is 57.8 Å². The standard InChI is InChI=1S/C12H25.C4H11NO2/c1-3-5-7-9-11-12-10-8-6-4-2;1-3(6)5-4(2)7/h1,3-12H2,2H3;3-7H,1-2H3. The molecule has 0 heterocycles. The van der Waals surface area contributed by atoms with E-state index in [1.54, 1.807) is 13.8 Å². The first-order valence-electron chi connectivity index (χ1n) is 7.96. The number of rotatable bonds is 11. The van der Waals surface area contributed by atoms with Gasteiger partial charge in [-0.25, -0.2) is 0 Å². The van der Waals surface area contributed by atoms with Gasteiger partial charge in [0.2, 0.25) is 0 Å². The molecule has 0 aromatic rings. The molecule has 1 radical (unpaired) electrons. The molecule has 0 aliphatic rings. The quantitative estimate of drug-likeness (QED) is 0.394. The lowest BCUT2D eigenvalue weighted by atomic mass is 10.1. The van der Waals surface area contributed by atoms with E-state index in [4.69, 9.17) is 10.2 Å². The lowest BCUT2D eigenvalue weighted by Gasteiger charge is -2.08. The summed E-state index contributed by atoms with van der Waals surface area (Å²) < 4.78 is 0. The van der Waals surface area contributed by atoms with Crippen LogP contribution in [0.15, 0.2) is 0 Å². The molecule has 2 unspecified atom stereocenters. The Morgan fingerprint density at radius 1 is 0.789 bits per heavy atom. The molecule has 0 bridgehead atoms. The zero-order valence-electron chi connectivity index (χ0n) is 13.3. The van der Waals surface area contributed by atoms with Crippen LogP contribution < -0.4 is 5.32 Å². The molecular weight excluding hydrogens is 238 g/mol. The minimum absolute atomic E-state index is 0.625. The number of aliphatic hydroxyl groups excluding tert-OH is 2. The molecule has 3 nitrogen and oxygen atoms in total. The summed E-state index contributed by atoms with van der Waals surface area (Å²) in [5.41, 5.74) is 0. The molecule has 117 valence electrons. The normalized spacial score (nSPS) is 13.6. The van der Waals surface area contributed by atoms with Crippen LogP contribution in [0.1, 0.15) is 85.0 Å². The molecule has 3 heteroatoms. The summed E-state index contributed by atoms with van der Waals surface area (Å²) in [5, 5.41) is 19.3. The SMILES string of the molecule is CC(O)NC(C)O.[CH2]CCCCCCCCCCC. The summed E-state index contributed by atoms with van der Waals surface area (Å²) in [5.74, 6) is 0. The van der Waals surface area contributed by atoms with Crippen molar-refractivity contribution in [2.24, 2.45) is 0 Å². The monoisotopic (exact) mass is 274 g/mol. The first-order valence-corrected chi connectivity index (χ1v) is 7.96. The topological polar surface area (TPSA) is 52.5 Å². The zero-order chi connectivity index (χ0) is 14.9. The van der Waals surface area contributed by atoms with Gasteiger partial charge in [0.1, 0.15) is 12.5 Å². The van der Waals surface area contributed by atoms with Crippen LogP contribution in [-0.4, -0.2) is 22.7 Å². The predicted molar refractivity (Wildman–Crippen MR) is 83.7 cm³/mol. The summed E-state index contributed by atoms with van der Waals surface area (Å²) in [7, 11) is 0. The molecule has 0 aliphatic carbocycles. The molecule has 2 atom stereocenters. The second-order valence-electron chi connectivity index (χ2n) is 5.20. The minimum atomic E-state index is -0.625. The van der Waals surface area contributed by atoms with Crippen molar-refractivity contribution in [3.05, 3.63) is 6.92 Å². The third kappa shape index (κ3) is 27.2. The molecule has 0 saturated heterocycles. The summed E-state index contributed by atoms with van der Waals surface area (Å²) in [4.78, 5) is 0. The van der Waals surface area contributed by atoms with Gasteiger partial charge in [0, 0.05) is 0 Å². The Hall–Kier alpha value is -0.120. The Labute approximate surface area is 120 Å². The molecule has 0 aromatic heterocycles.